The molecule has 4 aromatic carbocycles. The van der Waals surface area contributed by atoms with Crippen LogP contribution in [0.5, 0.6) is 0 Å². The molecule has 0 aliphatic carbocycles. The molecule has 5 nitrogen and oxygen atoms in total. The quantitative estimate of drug-likeness (QED) is 0.357. The number of rotatable bonds is 7. The Kier molecular flexibility index (Phi) is 6.48. The Morgan fingerprint density at radius 1 is 0.771 bits per heavy atom. The molecule has 0 bridgehead atoms. The van der Waals surface area contributed by atoms with E-state index < -0.39 is 0 Å². The molecule has 5 heteroatoms. The van der Waals surface area contributed by atoms with Crippen molar-refractivity contribution in [2.75, 3.05) is 6.54 Å². The molecule has 1 amide bonds. The summed E-state index contributed by atoms with van der Waals surface area (Å²) in [5, 5.41) is 3.60. The maximum atomic E-state index is 12.8. The van der Waals surface area contributed by atoms with Crippen molar-refractivity contribution in [2.24, 2.45) is 0 Å². The predicted molar refractivity (Wildman–Crippen MR) is 139 cm³/mol. The van der Waals surface area contributed by atoms with E-state index in [-0.39, 0.29) is 17.4 Å². The van der Waals surface area contributed by atoms with Gasteiger partial charge in [0, 0.05) is 18.0 Å². The zero-order chi connectivity index (χ0) is 24.0. The lowest BCUT2D eigenvalue weighted by molar-refractivity contribution is 0.0953. The molecule has 0 aliphatic heterocycles. The number of hydrogen-bond acceptors (Lipinski definition) is 3. The van der Waals surface area contributed by atoms with Crippen LogP contribution in [0, 0.1) is 0 Å². The second-order valence-electron chi connectivity index (χ2n) is 8.40. The van der Waals surface area contributed by atoms with Crippen LogP contribution in [0.25, 0.3) is 16.6 Å². The summed E-state index contributed by atoms with van der Waals surface area (Å²) < 4.78 is 1.49. The van der Waals surface area contributed by atoms with E-state index in [9.17, 15) is 9.59 Å². The van der Waals surface area contributed by atoms with Gasteiger partial charge in [0.05, 0.1) is 16.6 Å². The largest absolute Gasteiger partial charge is 0.352 e. The number of para-hydroxylation sites is 1. The molecule has 0 atom stereocenters. The molecular formula is C30H25N3O2. The molecule has 172 valence electrons. The maximum absolute atomic E-state index is 12.8. The van der Waals surface area contributed by atoms with Crippen molar-refractivity contribution in [1.29, 1.82) is 0 Å². The fourth-order valence-corrected chi connectivity index (χ4v) is 4.36. The van der Waals surface area contributed by atoms with Crippen molar-refractivity contribution in [3.63, 3.8) is 0 Å². The number of nitrogens with one attached hydrogen (secondary N) is 1. The third kappa shape index (κ3) is 4.89. The zero-order valence-electron chi connectivity index (χ0n) is 19.2. The summed E-state index contributed by atoms with van der Waals surface area (Å²) in [7, 11) is 0. The minimum Gasteiger partial charge on any atom is -0.352 e. The van der Waals surface area contributed by atoms with Gasteiger partial charge in [-0.05, 0) is 53.9 Å². The monoisotopic (exact) mass is 459 g/mol. The van der Waals surface area contributed by atoms with E-state index in [1.807, 2.05) is 54.6 Å². The molecule has 1 N–H and O–H groups in total. The van der Waals surface area contributed by atoms with Crippen LogP contribution in [0.3, 0.4) is 0 Å². The first kappa shape index (κ1) is 22.3. The standard InChI is InChI=1S/C30H25N3O2/c34-29(31-20-19-26(22-9-3-1-4-10-22)23-11-5-2-6-12-23)24-15-17-25(18-16-24)33-21-32-28-14-8-7-13-27(28)30(33)35/h1-18,21,26H,19-20H2,(H,31,34). The van der Waals surface area contributed by atoms with Crippen molar-refractivity contribution >= 4 is 16.8 Å². The molecule has 0 fully saturated rings. The van der Waals surface area contributed by atoms with Crippen LogP contribution in [0.1, 0.15) is 33.8 Å². The second kappa shape index (κ2) is 10.2. The van der Waals surface area contributed by atoms with Crippen molar-refractivity contribution < 1.29 is 4.79 Å². The fourth-order valence-electron chi connectivity index (χ4n) is 4.36. The van der Waals surface area contributed by atoms with Gasteiger partial charge in [0.1, 0.15) is 6.33 Å². The lowest BCUT2D eigenvalue weighted by atomic mass is 9.88. The van der Waals surface area contributed by atoms with Crippen LogP contribution in [0.15, 0.2) is 120 Å². The van der Waals surface area contributed by atoms with Gasteiger partial charge >= 0.3 is 0 Å². The molecule has 0 saturated heterocycles. The molecule has 0 saturated carbocycles. The van der Waals surface area contributed by atoms with Gasteiger partial charge in [-0.25, -0.2) is 4.98 Å². The molecular weight excluding hydrogens is 434 g/mol. The normalized spacial score (nSPS) is 11.0. The number of nitrogens with zero attached hydrogens (tertiary/aromatic N) is 2. The van der Waals surface area contributed by atoms with E-state index in [1.54, 1.807) is 30.3 Å². The van der Waals surface area contributed by atoms with Gasteiger partial charge in [-0.2, -0.15) is 0 Å². The summed E-state index contributed by atoms with van der Waals surface area (Å²) in [5.41, 5.74) is 4.19. The Bertz CT molecular complexity index is 1450. The molecule has 0 unspecified atom stereocenters. The average molecular weight is 460 g/mol. The van der Waals surface area contributed by atoms with E-state index in [0.29, 0.717) is 28.7 Å². The van der Waals surface area contributed by atoms with E-state index in [1.165, 1.54) is 22.0 Å². The first-order valence-corrected chi connectivity index (χ1v) is 11.7. The van der Waals surface area contributed by atoms with Crippen LogP contribution in [-0.4, -0.2) is 22.0 Å². The Balaban J connectivity index is 1.27. The molecule has 35 heavy (non-hydrogen) atoms. The highest BCUT2D eigenvalue weighted by atomic mass is 16.1. The molecule has 0 radical (unpaired) electrons. The molecule has 0 aliphatic rings. The molecule has 5 aromatic rings. The Morgan fingerprint density at radius 2 is 1.37 bits per heavy atom. The number of aromatic nitrogens is 2. The lowest BCUT2D eigenvalue weighted by Crippen LogP contribution is -2.26. The Hall–Kier alpha value is -4.51. The van der Waals surface area contributed by atoms with Crippen LogP contribution < -0.4 is 10.9 Å². The first-order valence-electron chi connectivity index (χ1n) is 11.7. The number of benzene rings is 4. The lowest BCUT2D eigenvalue weighted by Gasteiger charge is -2.18. The van der Waals surface area contributed by atoms with Crippen LogP contribution in [-0.2, 0) is 0 Å². The fraction of sp³-hybridized carbons (Fsp3) is 0.100. The summed E-state index contributed by atoms with van der Waals surface area (Å²) in [5.74, 6) is 0.0627. The van der Waals surface area contributed by atoms with Crippen molar-refractivity contribution in [1.82, 2.24) is 14.9 Å². The van der Waals surface area contributed by atoms with Gasteiger partial charge in [-0.3, -0.25) is 14.2 Å². The topological polar surface area (TPSA) is 64.0 Å². The molecule has 0 spiro atoms. The summed E-state index contributed by atoms with van der Waals surface area (Å²) in [6.45, 7) is 0.545. The number of fused-ring (bicyclic) bond motifs is 1. The molecule has 5 rings (SSSR count). The summed E-state index contributed by atoms with van der Waals surface area (Å²) in [6, 6.07) is 35.0. The number of hydrogen-bond donors (Lipinski definition) is 1. The highest BCUT2D eigenvalue weighted by molar-refractivity contribution is 5.94. The third-order valence-corrected chi connectivity index (χ3v) is 6.20. The van der Waals surface area contributed by atoms with Crippen LogP contribution >= 0.6 is 0 Å². The van der Waals surface area contributed by atoms with Gasteiger partial charge in [0.15, 0.2) is 0 Å². The number of amides is 1. The average Bonchev–Trinajstić information content (AvgIpc) is 2.92. The predicted octanol–water partition coefficient (Wildman–Crippen LogP) is 5.34. The van der Waals surface area contributed by atoms with E-state index in [2.05, 4.69) is 34.6 Å². The minimum absolute atomic E-state index is 0.138. The summed E-state index contributed by atoms with van der Waals surface area (Å²) in [4.78, 5) is 30.0. The highest BCUT2D eigenvalue weighted by Gasteiger charge is 2.15. The third-order valence-electron chi connectivity index (χ3n) is 6.20. The van der Waals surface area contributed by atoms with E-state index in [4.69, 9.17) is 0 Å². The Morgan fingerprint density at radius 3 is 2.03 bits per heavy atom. The van der Waals surface area contributed by atoms with Gasteiger partial charge in [0.2, 0.25) is 0 Å². The smallest absolute Gasteiger partial charge is 0.265 e. The van der Waals surface area contributed by atoms with Gasteiger partial charge in [-0.1, -0.05) is 72.8 Å². The SMILES string of the molecule is O=C(NCCC(c1ccccc1)c1ccccc1)c1ccc(-n2cnc3ccccc3c2=O)cc1. The van der Waals surface area contributed by atoms with Crippen LogP contribution in [0.2, 0.25) is 0 Å². The first-order chi connectivity index (χ1) is 17.2. The van der Waals surface area contributed by atoms with Crippen LogP contribution in [0.4, 0.5) is 0 Å². The van der Waals surface area contributed by atoms with E-state index >= 15 is 0 Å². The van der Waals surface area contributed by atoms with Gasteiger partial charge < -0.3 is 5.32 Å². The highest BCUT2D eigenvalue weighted by Crippen LogP contribution is 2.27. The summed E-state index contributed by atoms with van der Waals surface area (Å²) in [6.07, 6.45) is 2.31. The molecule has 1 aromatic heterocycles. The number of carbonyl (C=O) groups excluding carboxylic acids is 1. The second-order valence-corrected chi connectivity index (χ2v) is 8.40. The zero-order valence-corrected chi connectivity index (χ0v) is 19.2. The van der Waals surface area contributed by atoms with Crippen molar-refractivity contribution in [2.45, 2.75) is 12.3 Å². The maximum Gasteiger partial charge on any atom is 0.265 e. The summed E-state index contributed by atoms with van der Waals surface area (Å²) >= 11 is 0. The van der Waals surface area contributed by atoms with Crippen molar-refractivity contribution in [3.05, 3.63) is 143 Å². The van der Waals surface area contributed by atoms with Gasteiger partial charge in [0.25, 0.3) is 11.5 Å². The van der Waals surface area contributed by atoms with Crippen molar-refractivity contribution in [3.8, 4) is 5.69 Å². The number of carbonyl (C=O) groups is 1. The Labute approximate surface area is 203 Å². The molecule has 1 heterocycles. The minimum atomic E-state index is -0.139. The van der Waals surface area contributed by atoms with Gasteiger partial charge in [-0.15, -0.1) is 0 Å². The van der Waals surface area contributed by atoms with E-state index in [0.717, 1.165) is 6.42 Å².